The topological polar surface area (TPSA) is 42.4 Å². The standard InChI is InChI=1S/C17H17FN2O2/c1-11-14-7-8-20(10-12-3-5-13(18)6-4-12)17(21)16(14)15(22-2)9-19-11/h3-6,9H,7-8,10H2,1-2H3. The molecule has 0 radical (unpaired) electrons. The molecule has 0 saturated carbocycles. The molecule has 1 aliphatic heterocycles. The van der Waals surface area contributed by atoms with E-state index >= 15 is 0 Å². The van der Waals surface area contributed by atoms with Crippen molar-refractivity contribution in [3.05, 3.63) is 58.7 Å². The van der Waals surface area contributed by atoms with Gasteiger partial charge in [-0.25, -0.2) is 4.39 Å². The zero-order valence-electron chi connectivity index (χ0n) is 12.6. The van der Waals surface area contributed by atoms with E-state index in [0.29, 0.717) is 24.4 Å². The molecule has 0 fully saturated rings. The smallest absolute Gasteiger partial charge is 0.258 e. The molecule has 0 spiro atoms. The maximum absolute atomic E-state index is 13.0. The number of methoxy groups -OCH3 is 1. The van der Waals surface area contributed by atoms with Gasteiger partial charge in [0.05, 0.1) is 18.9 Å². The SMILES string of the molecule is COc1cnc(C)c2c1C(=O)N(Cc1ccc(F)cc1)CC2. The third-order valence-corrected chi connectivity index (χ3v) is 4.00. The minimum atomic E-state index is -0.276. The largest absolute Gasteiger partial charge is 0.494 e. The van der Waals surface area contributed by atoms with Crippen LogP contribution in [0.1, 0.15) is 27.2 Å². The van der Waals surface area contributed by atoms with E-state index in [0.717, 1.165) is 23.2 Å². The summed E-state index contributed by atoms with van der Waals surface area (Å²) in [6.07, 6.45) is 2.34. The van der Waals surface area contributed by atoms with Gasteiger partial charge in [-0.1, -0.05) is 12.1 Å². The minimum absolute atomic E-state index is 0.0621. The third kappa shape index (κ3) is 2.54. The van der Waals surface area contributed by atoms with Crippen molar-refractivity contribution in [1.82, 2.24) is 9.88 Å². The normalized spacial score (nSPS) is 14.0. The highest BCUT2D eigenvalue weighted by atomic mass is 19.1. The van der Waals surface area contributed by atoms with E-state index in [2.05, 4.69) is 4.98 Å². The van der Waals surface area contributed by atoms with Gasteiger partial charge in [-0.15, -0.1) is 0 Å². The zero-order valence-corrected chi connectivity index (χ0v) is 12.6. The van der Waals surface area contributed by atoms with Crippen LogP contribution in [0.5, 0.6) is 5.75 Å². The molecule has 0 N–H and O–H groups in total. The first-order valence-corrected chi connectivity index (χ1v) is 7.16. The van der Waals surface area contributed by atoms with E-state index < -0.39 is 0 Å². The van der Waals surface area contributed by atoms with E-state index in [-0.39, 0.29) is 11.7 Å². The highest BCUT2D eigenvalue weighted by molar-refractivity contribution is 5.99. The lowest BCUT2D eigenvalue weighted by Gasteiger charge is -2.30. The number of rotatable bonds is 3. The van der Waals surface area contributed by atoms with Crippen LogP contribution in [0.2, 0.25) is 0 Å². The summed E-state index contributed by atoms with van der Waals surface area (Å²) >= 11 is 0. The minimum Gasteiger partial charge on any atom is -0.494 e. The number of ether oxygens (including phenoxy) is 1. The quantitative estimate of drug-likeness (QED) is 0.875. The Labute approximate surface area is 128 Å². The van der Waals surface area contributed by atoms with Gasteiger partial charge in [0.15, 0.2) is 0 Å². The molecule has 3 rings (SSSR count). The number of hydrogen-bond donors (Lipinski definition) is 0. The van der Waals surface area contributed by atoms with E-state index in [1.165, 1.54) is 12.1 Å². The van der Waals surface area contributed by atoms with E-state index in [1.54, 1.807) is 30.3 Å². The van der Waals surface area contributed by atoms with Crippen LogP contribution in [-0.2, 0) is 13.0 Å². The highest BCUT2D eigenvalue weighted by Crippen LogP contribution is 2.29. The van der Waals surface area contributed by atoms with Crippen LogP contribution in [0.4, 0.5) is 4.39 Å². The van der Waals surface area contributed by atoms with Crippen LogP contribution in [0.15, 0.2) is 30.5 Å². The van der Waals surface area contributed by atoms with Crippen LogP contribution in [0.25, 0.3) is 0 Å². The summed E-state index contributed by atoms with van der Waals surface area (Å²) in [6.45, 7) is 2.99. The molecule has 1 aliphatic rings. The van der Waals surface area contributed by atoms with Crippen molar-refractivity contribution in [3.63, 3.8) is 0 Å². The molecule has 2 aromatic rings. The van der Waals surface area contributed by atoms with Crippen molar-refractivity contribution >= 4 is 5.91 Å². The van der Waals surface area contributed by atoms with Crippen molar-refractivity contribution in [1.29, 1.82) is 0 Å². The molecule has 1 aromatic carbocycles. The number of fused-ring (bicyclic) bond motifs is 1. The third-order valence-electron chi connectivity index (χ3n) is 4.00. The molecule has 0 atom stereocenters. The van der Waals surface area contributed by atoms with Gasteiger partial charge < -0.3 is 9.64 Å². The number of carbonyl (C=O) groups excluding carboxylic acids is 1. The maximum atomic E-state index is 13.0. The van der Waals surface area contributed by atoms with Crippen molar-refractivity contribution < 1.29 is 13.9 Å². The molecule has 22 heavy (non-hydrogen) atoms. The number of amides is 1. The lowest BCUT2D eigenvalue weighted by Crippen LogP contribution is -2.37. The average Bonchev–Trinajstić information content (AvgIpc) is 2.53. The lowest BCUT2D eigenvalue weighted by molar-refractivity contribution is 0.0722. The molecule has 5 heteroatoms. The Morgan fingerprint density at radius 2 is 2.05 bits per heavy atom. The number of benzene rings is 1. The number of aryl methyl sites for hydroxylation is 1. The summed E-state index contributed by atoms with van der Waals surface area (Å²) in [5, 5.41) is 0. The lowest BCUT2D eigenvalue weighted by atomic mass is 9.97. The van der Waals surface area contributed by atoms with Gasteiger partial charge in [-0.2, -0.15) is 0 Å². The molecule has 0 aliphatic carbocycles. The second kappa shape index (κ2) is 5.75. The first kappa shape index (κ1) is 14.5. The molecule has 1 amide bonds. The Morgan fingerprint density at radius 1 is 1.32 bits per heavy atom. The number of halogens is 1. The number of pyridine rings is 1. The highest BCUT2D eigenvalue weighted by Gasteiger charge is 2.29. The molecule has 0 unspecified atom stereocenters. The van der Waals surface area contributed by atoms with Gasteiger partial charge in [-0.05, 0) is 36.6 Å². The molecule has 114 valence electrons. The second-order valence-electron chi connectivity index (χ2n) is 5.37. The van der Waals surface area contributed by atoms with E-state index in [4.69, 9.17) is 4.74 Å². The van der Waals surface area contributed by atoms with Gasteiger partial charge in [-0.3, -0.25) is 9.78 Å². The summed E-state index contributed by atoms with van der Waals surface area (Å²) in [5.41, 5.74) is 3.33. The number of hydrogen-bond acceptors (Lipinski definition) is 3. The van der Waals surface area contributed by atoms with Crippen molar-refractivity contribution in [3.8, 4) is 5.75 Å². The number of aromatic nitrogens is 1. The monoisotopic (exact) mass is 300 g/mol. The fourth-order valence-corrected chi connectivity index (χ4v) is 2.79. The molecule has 1 aromatic heterocycles. The van der Waals surface area contributed by atoms with Crippen LogP contribution < -0.4 is 4.74 Å². The van der Waals surface area contributed by atoms with Crippen molar-refractivity contribution in [2.45, 2.75) is 19.9 Å². The number of carbonyl (C=O) groups is 1. The molecule has 0 bridgehead atoms. The van der Waals surface area contributed by atoms with Crippen LogP contribution >= 0.6 is 0 Å². The van der Waals surface area contributed by atoms with E-state index in [1.807, 2.05) is 6.92 Å². The maximum Gasteiger partial charge on any atom is 0.258 e. The van der Waals surface area contributed by atoms with Gasteiger partial charge in [0.1, 0.15) is 11.6 Å². The van der Waals surface area contributed by atoms with Crippen molar-refractivity contribution in [2.75, 3.05) is 13.7 Å². The summed E-state index contributed by atoms with van der Waals surface area (Å²) < 4.78 is 18.3. The Balaban J connectivity index is 1.90. The zero-order chi connectivity index (χ0) is 15.7. The predicted octanol–water partition coefficient (Wildman–Crippen LogP) is 2.74. The van der Waals surface area contributed by atoms with Gasteiger partial charge in [0, 0.05) is 18.8 Å². The summed E-state index contributed by atoms with van der Waals surface area (Å²) in [7, 11) is 1.54. The van der Waals surface area contributed by atoms with Crippen LogP contribution in [-0.4, -0.2) is 29.4 Å². The molecule has 2 heterocycles. The first-order valence-electron chi connectivity index (χ1n) is 7.16. The van der Waals surface area contributed by atoms with E-state index in [9.17, 15) is 9.18 Å². The molecular formula is C17H17FN2O2. The molecule has 0 saturated heterocycles. The van der Waals surface area contributed by atoms with Crippen LogP contribution in [0.3, 0.4) is 0 Å². The van der Waals surface area contributed by atoms with Gasteiger partial charge >= 0.3 is 0 Å². The Hall–Kier alpha value is -2.43. The molecular weight excluding hydrogens is 283 g/mol. The Morgan fingerprint density at radius 3 is 2.73 bits per heavy atom. The van der Waals surface area contributed by atoms with Crippen LogP contribution in [0, 0.1) is 12.7 Å². The summed E-state index contributed by atoms with van der Waals surface area (Å²) in [4.78, 5) is 18.8. The second-order valence-corrected chi connectivity index (χ2v) is 5.37. The fourth-order valence-electron chi connectivity index (χ4n) is 2.79. The first-order chi connectivity index (χ1) is 10.6. The number of nitrogens with zero attached hydrogens (tertiary/aromatic N) is 2. The predicted molar refractivity (Wildman–Crippen MR) is 80.4 cm³/mol. The fraction of sp³-hybridized carbons (Fsp3) is 0.294. The molecule has 4 nitrogen and oxygen atoms in total. The van der Waals surface area contributed by atoms with Gasteiger partial charge in [0.2, 0.25) is 0 Å². The Kier molecular flexibility index (Phi) is 3.79. The average molecular weight is 300 g/mol. The summed E-state index contributed by atoms with van der Waals surface area (Å²) in [6, 6.07) is 6.22. The Bertz CT molecular complexity index is 713. The van der Waals surface area contributed by atoms with Gasteiger partial charge in [0.25, 0.3) is 5.91 Å². The summed E-state index contributed by atoms with van der Waals surface area (Å²) in [5.74, 6) is 0.171. The van der Waals surface area contributed by atoms with Crippen molar-refractivity contribution in [2.24, 2.45) is 0 Å².